The predicted molar refractivity (Wildman–Crippen MR) is 74.3 cm³/mol. The molecule has 0 radical (unpaired) electrons. The van der Waals surface area contributed by atoms with Gasteiger partial charge in [0.15, 0.2) is 0 Å². The maximum atomic E-state index is 12.3. The van der Waals surface area contributed by atoms with Crippen molar-refractivity contribution in [3.05, 3.63) is 21.9 Å². The zero-order valence-corrected chi connectivity index (χ0v) is 11.9. The molecule has 96 valence electrons. The first-order valence-electron chi connectivity index (χ1n) is 5.81. The van der Waals surface area contributed by atoms with E-state index in [1.165, 1.54) is 5.56 Å². The van der Waals surface area contributed by atoms with Gasteiger partial charge in [-0.2, -0.15) is 0 Å². The Balaban J connectivity index is 0.00000144. The van der Waals surface area contributed by atoms with Crippen LogP contribution in [0, 0.1) is 0 Å². The van der Waals surface area contributed by atoms with Crippen molar-refractivity contribution >= 4 is 29.7 Å². The van der Waals surface area contributed by atoms with Crippen LogP contribution in [0.1, 0.15) is 29.1 Å². The molecule has 1 aliphatic rings. The number of rotatable bonds is 2. The van der Waals surface area contributed by atoms with Crippen LogP contribution in [-0.2, 0) is 6.42 Å². The smallest absolute Gasteiger partial charge is 0.264 e. The minimum absolute atomic E-state index is 0. The molecule has 3 nitrogen and oxygen atoms in total. The van der Waals surface area contributed by atoms with Crippen LogP contribution < -0.4 is 5.32 Å². The largest absolute Gasteiger partial charge is 0.335 e. The summed E-state index contributed by atoms with van der Waals surface area (Å²) in [4.78, 5) is 15.2. The number of halogens is 1. The van der Waals surface area contributed by atoms with Crippen LogP contribution in [0.15, 0.2) is 11.4 Å². The summed E-state index contributed by atoms with van der Waals surface area (Å²) in [5, 5.41) is 5.36. The number of thiophene rings is 1. The standard InChI is InChI=1S/C12H18N2OS.ClH/c1-3-10-4-7-16-11(10)12(15)14-6-5-13-9(2)8-14;/h4,7,9,13H,3,5-6,8H2,1-2H3;1H/t9-;/m0./s1. The molecule has 1 amide bonds. The molecular weight excluding hydrogens is 256 g/mol. The molecule has 1 fully saturated rings. The van der Waals surface area contributed by atoms with E-state index in [0.29, 0.717) is 6.04 Å². The van der Waals surface area contributed by atoms with Crippen molar-refractivity contribution in [3.63, 3.8) is 0 Å². The molecule has 1 saturated heterocycles. The fourth-order valence-corrected chi connectivity index (χ4v) is 3.02. The maximum Gasteiger partial charge on any atom is 0.264 e. The number of nitrogens with zero attached hydrogens (tertiary/aromatic N) is 1. The van der Waals surface area contributed by atoms with E-state index >= 15 is 0 Å². The van der Waals surface area contributed by atoms with Crippen LogP contribution in [0.25, 0.3) is 0 Å². The van der Waals surface area contributed by atoms with E-state index in [0.717, 1.165) is 30.9 Å². The van der Waals surface area contributed by atoms with Gasteiger partial charge >= 0.3 is 0 Å². The van der Waals surface area contributed by atoms with Gasteiger partial charge in [0.1, 0.15) is 0 Å². The molecule has 0 aromatic carbocycles. The third-order valence-corrected chi connectivity index (χ3v) is 3.92. The third-order valence-electron chi connectivity index (χ3n) is 2.98. The van der Waals surface area contributed by atoms with Crippen LogP contribution in [0.4, 0.5) is 0 Å². The molecule has 0 bridgehead atoms. The van der Waals surface area contributed by atoms with Crippen molar-refractivity contribution in [1.29, 1.82) is 0 Å². The lowest BCUT2D eigenvalue weighted by Crippen LogP contribution is -2.51. The molecule has 0 unspecified atom stereocenters. The number of carbonyl (C=O) groups is 1. The molecule has 5 heteroatoms. The van der Waals surface area contributed by atoms with Gasteiger partial charge < -0.3 is 10.2 Å². The van der Waals surface area contributed by atoms with Gasteiger partial charge in [0, 0.05) is 25.7 Å². The molecule has 0 spiro atoms. The number of hydrogen-bond acceptors (Lipinski definition) is 3. The molecule has 1 N–H and O–H groups in total. The molecule has 1 aliphatic heterocycles. The summed E-state index contributed by atoms with van der Waals surface area (Å²) in [6, 6.07) is 2.46. The summed E-state index contributed by atoms with van der Waals surface area (Å²) in [5.74, 6) is 0.209. The van der Waals surface area contributed by atoms with Crippen LogP contribution >= 0.6 is 23.7 Å². The van der Waals surface area contributed by atoms with Crippen molar-refractivity contribution in [2.24, 2.45) is 0 Å². The third kappa shape index (κ3) is 3.21. The number of amides is 1. The minimum atomic E-state index is 0. The lowest BCUT2D eigenvalue weighted by Gasteiger charge is -2.31. The number of carbonyl (C=O) groups excluding carboxylic acids is 1. The summed E-state index contributed by atoms with van der Waals surface area (Å²) in [6.45, 7) is 6.76. The second kappa shape index (κ2) is 6.38. The van der Waals surface area contributed by atoms with E-state index in [-0.39, 0.29) is 18.3 Å². The quantitative estimate of drug-likeness (QED) is 0.896. The van der Waals surface area contributed by atoms with Crippen LogP contribution in [0.2, 0.25) is 0 Å². The summed E-state index contributed by atoms with van der Waals surface area (Å²) < 4.78 is 0. The topological polar surface area (TPSA) is 32.3 Å². The lowest BCUT2D eigenvalue weighted by atomic mass is 10.1. The fraction of sp³-hybridized carbons (Fsp3) is 0.583. The summed E-state index contributed by atoms with van der Waals surface area (Å²) in [5.41, 5.74) is 1.18. The molecule has 1 atom stereocenters. The Bertz CT molecular complexity index is 380. The second-order valence-corrected chi connectivity index (χ2v) is 5.15. The zero-order chi connectivity index (χ0) is 11.5. The van der Waals surface area contributed by atoms with Crippen molar-refractivity contribution in [2.75, 3.05) is 19.6 Å². The van der Waals surface area contributed by atoms with E-state index < -0.39 is 0 Å². The first-order valence-corrected chi connectivity index (χ1v) is 6.69. The van der Waals surface area contributed by atoms with Crippen LogP contribution in [-0.4, -0.2) is 36.5 Å². The van der Waals surface area contributed by atoms with Gasteiger partial charge in [-0.3, -0.25) is 4.79 Å². The van der Waals surface area contributed by atoms with Crippen molar-refractivity contribution in [3.8, 4) is 0 Å². The van der Waals surface area contributed by atoms with Gasteiger partial charge in [0.2, 0.25) is 0 Å². The summed E-state index contributed by atoms with van der Waals surface area (Å²) >= 11 is 1.57. The highest BCUT2D eigenvalue weighted by molar-refractivity contribution is 7.12. The van der Waals surface area contributed by atoms with Gasteiger partial charge in [0.05, 0.1) is 4.88 Å². The normalized spacial score (nSPS) is 19.9. The molecular formula is C12H19ClN2OS. The van der Waals surface area contributed by atoms with Crippen LogP contribution in [0.3, 0.4) is 0 Å². The van der Waals surface area contributed by atoms with Gasteiger partial charge in [-0.25, -0.2) is 0 Å². The predicted octanol–water partition coefficient (Wildman–Crippen LogP) is 2.17. The average Bonchev–Trinajstić information content (AvgIpc) is 2.76. The monoisotopic (exact) mass is 274 g/mol. The SMILES string of the molecule is CCc1ccsc1C(=O)N1CCN[C@@H](C)C1.Cl. The highest BCUT2D eigenvalue weighted by atomic mass is 35.5. The van der Waals surface area contributed by atoms with E-state index in [9.17, 15) is 4.79 Å². The van der Waals surface area contributed by atoms with E-state index in [4.69, 9.17) is 0 Å². The Kier molecular flexibility index (Phi) is 5.43. The Labute approximate surface area is 113 Å². The second-order valence-electron chi connectivity index (χ2n) is 4.23. The Morgan fingerprint density at radius 3 is 3.06 bits per heavy atom. The van der Waals surface area contributed by atoms with Gasteiger partial charge in [-0.15, -0.1) is 23.7 Å². The minimum Gasteiger partial charge on any atom is -0.335 e. The molecule has 0 saturated carbocycles. The number of nitrogens with one attached hydrogen (secondary N) is 1. The molecule has 2 heterocycles. The van der Waals surface area contributed by atoms with Gasteiger partial charge in [0.25, 0.3) is 5.91 Å². The average molecular weight is 275 g/mol. The molecule has 1 aromatic rings. The van der Waals surface area contributed by atoms with Crippen LogP contribution in [0.5, 0.6) is 0 Å². The Hall–Kier alpha value is -0.580. The van der Waals surface area contributed by atoms with E-state index in [2.05, 4.69) is 25.2 Å². The molecule has 17 heavy (non-hydrogen) atoms. The lowest BCUT2D eigenvalue weighted by molar-refractivity contribution is 0.0713. The number of hydrogen-bond donors (Lipinski definition) is 1. The van der Waals surface area contributed by atoms with Gasteiger partial charge in [-0.05, 0) is 30.4 Å². The van der Waals surface area contributed by atoms with Gasteiger partial charge in [-0.1, -0.05) is 6.92 Å². The zero-order valence-electron chi connectivity index (χ0n) is 10.2. The number of piperazine rings is 1. The first kappa shape index (κ1) is 14.5. The molecule has 1 aromatic heterocycles. The van der Waals surface area contributed by atoms with Crippen molar-refractivity contribution in [1.82, 2.24) is 10.2 Å². The van der Waals surface area contributed by atoms with E-state index in [1.54, 1.807) is 11.3 Å². The van der Waals surface area contributed by atoms with E-state index in [1.807, 2.05) is 10.3 Å². The fourth-order valence-electron chi connectivity index (χ4n) is 2.06. The molecule has 0 aliphatic carbocycles. The Morgan fingerprint density at radius 2 is 2.41 bits per heavy atom. The Morgan fingerprint density at radius 1 is 1.65 bits per heavy atom. The molecule has 2 rings (SSSR count). The first-order chi connectivity index (χ1) is 7.72. The maximum absolute atomic E-state index is 12.3. The highest BCUT2D eigenvalue weighted by Gasteiger charge is 2.23. The number of aryl methyl sites for hydroxylation is 1. The van der Waals surface area contributed by atoms with Crippen molar-refractivity contribution in [2.45, 2.75) is 26.3 Å². The summed E-state index contributed by atoms with van der Waals surface area (Å²) in [7, 11) is 0. The van der Waals surface area contributed by atoms with Crippen molar-refractivity contribution < 1.29 is 4.79 Å². The summed E-state index contributed by atoms with van der Waals surface area (Å²) in [6.07, 6.45) is 0.937. The highest BCUT2D eigenvalue weighted by Crippen LogP contribution is 2.20.